The number of fused-ring (bicyclic) bond motifs is 2. The van der Waals surface area contributed by atoms with E-state index >= 15 is 0 Å². The van der Waals surface area contributed by atoms with Gasteiger partial charge in [0.25, 0.3) is 0 Å². The molecule has 4 rings (SSSR count). The topological polar surface area (TPSA) is 46.9 Å². The van der Waals surface area contributed by atoms with Gasteiger partial charge in [-0.2, -0.15) is 0 Å². The van der Waals surface area contributed by atoms with Crippen molar-refractivity contribution in [1.82, 2.24) is 14.9 Å². The first-order chi connectivity index (χ1) is 13.8. The van der Waals surface area contributed by atoms with Crippen molar-refractivity contribution in [2.24, 2.45) is 0 Å². The van der Waals surface area contributed by atoms with E-state index in [0.29, 0.717) is 6.54 Å². The number of aryl methyl sites for hydroxylation is 1. The van der Waals surface area contributed by atoms with E-state index in [-0.39, 0.29) is 5.91 Å². The molecule has 0 saturated carbocycles. The van der Waals surface area contributed by atoms with Crippen molar-refractivity contribution >= 4 is 27.7 Å². The molecule has 0 radical (unpaired) electrons. The number of hydrogen-bond acceptors (Lipinski definition) is 2. The van der Waals surface area contributed by atoms with Crippen LogP contribution in [0.15, 0.2) is 79.4 Å². The Morgan fingerprint density at radius 2 is 1.82 bits per heavy atom. The van der Waals surface area contributed by atoms with Gasteiger partial charge in [-0.15, -0.1) is 0 Å². The minimum Gasteiger partial charge on any atom is -0.353 e. The van der Waals surface area contributed by atoms with Crippen molar-refractivity contribution in [2.45, 2.75) is 19.4 Å². The molecule has 4 aromatic rings. The average molecular weight is 369 g/mol. The maximum Gasteiger partial charge on any atom is 0.243 e. The van der Waals surface area contributed by atoms with Crippen LogP contribution in [-0.2, 0) is 17.8 Å². The molecule has 0 aliphatic heterocycles. The molecule has 28 heavy (non-hydrogen) atoms. The summed E-state index contributed by atoms with van der Waals surface area (Å²) in [6.07, 6.45) is 2.94. The number of rotatable bonds is 7. The number of amides is 1. The SMILES string of the molecule is C=CC(=O)NCCCc1nc2ccccc2n1Cc1cccc2ccccc12. The fraction of sp³-hybridized carbons (Fsp3) is 0.167. The number of imidazole rings is 1. The van der Waals surface area contributed by atoms with Crippen LogP contribution in [0.1, 0.15) is 17.8 Å². The Morgan fingerprint density at radius 3 is 2.71 bits per heavy atom. The second-order valence-electron chi connectivity index (χ2n) is 6.84. The Labute approximate surface area is 164 Å². The molecule has 1 heterocycles. The molecular weight excluding hydrogens is 346 g/mol. The molecule has 140 valence electrons. The minimum absolute atomic E-state index is 0.135. The van der Waals surface area contributed by atoms with Gasteiger partial charge in [0.05, 0.1) is 11.0 Å². The smallest absolute Gasteiger partial charge is 0.243 e. The summed E-state index contributed by atoms with van der Waals surface area (Å²) < 4.78 is 2.30. The third kappa shape index (κ3) is 3.67. The van der Waals surface area contributed by atoms with Crippen LogP contribution in [0.5, 0.6) is 0 Å². The van der Waals surface area contributed by atoms with Crippen molar-refractivity contribution in [3.8, 4) is 0 Å². The van der Waals surface area contributed by atoms with E-state index in [4.69, 9.17) is 4.98 Å². The van der Waals surface area contributed by atoms with E-state index in [9.17, 15) is 4.79 Å². The lowest BCUT2D eigenvalue weighted by molar-refractivity contribution is -0.116. The number of nitrogens with zero attached hydrogens (tertiary/aromatic N) is 2. The highest BCUT2D eigenvalue weighted by Gasteiger charge is 2.12. The van der Waals surface area contributed by atoms with Crippen LogP contribution >= 0.6 is 0 Å². The predicted octanol–water partition coefficient (Wildman–Crippen LogP) is 4.47. The number of carbonyl (C=O) groups is 1. The molecule has 4 nitrogen and oxygen atoms in total. The summed E-state index contributed by atoms with van der Waals surface area (Å²) in [5, 5.41) is 5.35. The van der Waals surface area contributed by atoms with Crippen LogP contribution in [0.2, 0.25) is 0 Å². The van der Waals surface area contributed by atoms with Gasteiger partial charge in [0.15, 0.2) is 0 Å². The Morgan fingerprint density at radius 1 is 1.04 bits per heavy atom. The highest BCUT2D eigenvalue weighted by atomic mass is 16.1. The third-order valence-corrected chi connectivity index (χ3v) is 5.00. The van der Waals surface area contributed by atoms with Gasteiger partial charge in [-0.05, 0) is 41.0 Å². The first-order valence-corrected chi connectivity index (χ1v) is 9.57. The number of para-hydroxylation sites is 2. The van der Waals surface area contributed by atoms with E-state index in [1.807, 2.05) is 6.07 Å². The van der Waals surface area contributed by atoms with Gasteiger partial charge in [-0.3, -0.25) is 4.79 Å². The second kappa shape index (κ2) is 8.09. The molecule has 0 aliphatic carbocycles. The molecule has 1 N–H and O–H groups in total. The van der Waals surface area contributed by atoms with E-state index in [1.165, 1.54) is 22.4 Å². The number of carbonyl (C=O) groups excluding carboxylic acids is 1. The molecule has 1 aromatic heterocycles. The average Bonchev–Trinajstić information content (AvgIpc) is 3.08. The van der Waals surface area contributed by atoms with Crippen LogP contribution in [0.4, 0.5) is 0 Å². The van der Waals surface area contributed by atoms with Crippen molar-refractivity contribution in [3.05, 3.63) is 90.8 Å². The number of aromatic nitrogens is 2. The summed E-state index contributed by atoms with van der Waals surface area (Å²) in [7, 11) is 0. The third-order valence-electron chi connectivity index (χ3n) is 5.00. The van der Waals surface area contributed by atoms with Gasteiger partial charge < -0.3 is 9.88 Å². The van der Waals surface area contributed by atoms with Crippen molar-refractivity contribution in [1.29, 1.82) is 0 Å². The minimum atomic E-state index is -0.135. The van der Waals surface area contributed by atoms with Crippen molar-refractivity contribution < 1.29 is 4.79 Å². The summed E-state index contributed by atoms with van der Waals surface area (Å²) in [6.45, 7) is 4.87. The maximum atomic E-state index is 11.3. The van der Waals surface area contributed by atoms with Gasteiger partial charge in [0, 0.05) is 19.5 Å². The predicted molar refractivity (Wildman–Crippen MR) is 114 cm³/mol. The molecule has 4 heteroatoms. The van der Waals surface area contributed by atoms with Crippen molar-refractivity contribution in [2.75, 3.05) is 6.54 Å². The fourth-order valence-electron chi connectivity index (χ4n) is 3.62. The Balaban J connectivity index is 1.65. The molecule has 1 amide bonds. The summed E-state index contributed by atoms with van der Waals surface area (Å²) in [4.78, 5) is 16.2. The zero-order valence-corrected chi connectivity index (χ0v) is 15.8. The van der Waals surface area contributed by atoms with Crippen LogP contribution in [0, 0.1) is 0 Å². The number of benzene rings is 3. The van der Waals surface area contributed by atoms with E-state index in [0.717, 1.165) is 36.2 Å². The first-order valence-electron chi connectivity index (χ1n) is 9.57. The highest BCUT2D eigenvalue weighted by Crippen LogP contribution is 2.23. The summed E-state index contributed by atoms with van der Waals surface area (Å²) in [5.41, 5.74) is 3.43. The molecule has 0 bridgehead atoms. The highest BCUT2D eigenvalue weighted by molar-refractivity contribution is 5.87. The van der Waals surface area contributed by atoms with Crippen LogP contribution in [-0.4, -0.2) is 22.0 Å². The number of hydrogen-bond donors (Lipinski definition) is 1. The second-order valence-corrected chi connectivity index (χ2v) is 6.84. The maximum absolute atomic E-state index is 11.3. The van der Waals surface area contributed by atoms with Crippen LogP contribution < -0.4 is 5.32 Å². The zero-order chi connectivity index (χ0) is 19.3. The normalized spacial score (nSPS) is 11.0. The Kier molecular flexibility index (Phi) is 5.20. The quantitative estimate of drug-likeness (QED) is 0.386. The molecule has 3 aromatic carbocycles. The molecule has 0 atom stereocenters. The Hall–Kier alpha value is -3.40. The van der Waals surface area contributed by atoms with E-state index in [1.54, 1.807) is 0 Å². The van der Waals surface area contributed by atoms with Crippen LogP contribution in [0.25, 0.3) is 21.8 Å². The van der Waals surface area contributed by atoms with Gasteiger partial charge in [-0.1, -0.05) is 61.2 Å². The molecular formula is C24H23N3O. The molecule has 0 unspecified atom stereocenters. The molecule has 0 saturated heterocycles. The van der Waals surface area contributed by atoms with Gasteiger partial charge in [0.2, 0.25) is 5.91 Å². The summed E-state index contributed by atoms with van der Waals surface area (Å²) >= 11 is 0. The fourth-order valence-corrected chi connectivity index (χ4v) is 3.62. The van der Waals surface area contributed by atoms with Crippen LogP contribution in [0.3, 0.4) is 0 Å². The van der Waals surface area contributed by atoms with Gasteiger partial charge in [0.1, 0.15) is 5.82 Å². The first kappa shape index (κ1) is 18.0. The standard InChI is InChI=1S/C24H23N3O/c1-2-24(28)25-16-8-15-23-26-21-13-5-6-14-22(21)27(23)17-19-11-7-10-18-9-3-4-12-20(18)19/h2-7,9-14H,1,8,15-17H2,(H,25,28). The summed E-state index contributed by atoms with van der Waals surface area (Å²) in [5.74, 6) is 0.909. The van der Waals surface area contributed by atoms with Gasteiger partial charge in [-0.25, -0.2) is 4.98 Å². The lowest BCUT2D eigenvalue weighted by Crippen LogP contribution is -2.22. The van der Waals surface area contributed by atoms with Gasteiger partial charge >= 0.3 is 0 Å². The van der Waals surface area contributed by atoms with E-state index in [2.05, 4.69) is 77.1 Å². The summed E-state index contributed by atoms with van der Waals surface area (Å²) in [6, 6.07) is 23.2. The van der Waals surface area contributed by atoms with Crippen molar-refractivity contribution in [3.63, 3.8) is 0 Å². The molecule has 0 aliphatic rings. The molecule has 0 spiro atoms. The molecule has 0 fully saturated rings. The lowest BCUT2D eigenvalue weighted by atomic mass is 10.0. The number of nitrogens with one attached hydrogen (secondary N) is 1. The largest absolute Gasteiger partial charge is 0.353 e. The van der Waals surface area contributed by atoms with E-state index < -0.39 is 0 Å². The monoisotopic (exact) mass is 369 g/mol. The lowest BCUT2D eigenvalue weighted by Gasteiger charge is -2.12. The zero-order valence-electron chi connectivity index (χ0n) is 15.8. The Bertz CT molecular complexity index is 1140.